The number of aryl methyl sites for hydroxylation is 1. The standard InChI is InChI=1S/C13H17N5/c1-9(12-14-6-7-15-12)18-13-10-4-2-3-5-11(10)16-8-17-13/h6-9H,2-5H2,1H3,(H,14,15)(H,16,17,18). The van der Waals surface area contributed by atoms with E-state index in [0.29, 0.717) is 0 Å². The van der Waals surface area contributed by atoms with Crippen molar-refractivity contribution in [1.82, 2.24) is 19.9 Å². The molecule has 0 spiro atoms. The molecule has 2 aromatic heterocycles. The Kier molecular flexibility index (Phi) is 2.96. The van der Waals surface area contributed by atoms with Gasteiger partial charge in [-0.25, -0.2) is 15.0 Å². The lowest BCUT2D eigenvalue weighted by Crippen LogP contribution is -2.15. The Morgan fingerprint density at radius 3 is 2.94 bits per heavy atom. The van der Waals surface area contributed by atoms with Crippen molar-refractivity contribution in [3.63, 3.8) is 0 Å². The number of rotatable bonds is 3. The van der Waals surface area contributed by atoms with E-state index in [1.807, 2.05) is 6.20 Å². The second kappa shape index (κ2) is 4.76. The number of imidazole rings is 1. The summed E-state index contributed by atoms with van der Waals surface area (Å²) in [4.78, 5) is 16.1. The molecule has 2 N–H and O–H groups in total. The highest BCUT2D eigenvalue weighted by Gasteiger charge is 2.17. The zero-order valence-corrected chi connectivity index (χ0v) is 10.5. The minimum absolute atomic E-state index is 0.126. The molecule has 0 aliphatic heterocycles. The Morgan fingerprint density at radius 1 is 1.22 bits per heavy atom. The van der Waals surface area contributed by atoms with E-state index in [9.17, 15) is 0 Å². The van der Waals surface area contributed by atoms with Gasteiger partial charge in [-0.2, -0.15) is 0 Å². The first-order valence-electron chi connectivity index (χ1n) is 6.43. The molecule has 1 aliphatic rings. The molecule has 5 heteroatoms. The summed E-state index contributed by atoms with van der Waals surface area (Å²) in [5.74, 6) is 1.89. The van der Waals surface area contributed by atoms with Crippen molar-refractivity contribution in [2.75, 3.05) is 5.32 Å². The van der Waals surface area contributed by atoms with E-state index in [1.165, 1.54) is 24.1 Å². The lowest BCUT2D eigenvalue weighted by molar-refractivity contribution is 0.660. The van der Waals surface area contributed by atoms with Gasteiger partial charge in [0.25, 0.3) is 0 Å². The third-order valence-electron chi connectivity index (χ3n) is 3.41. The summed E-state index contributed by atoms with van der Waals surface area (Å²) < 4.78 is 0. The predicted octanol–water partition coefficient (Wildman–Crippen LogP) is 2.25. The van der Waals surface area contributed by atoms with E-state index in [1.54, 1.807) is 12.5 Å². The van der Waals surface area contributed by atoms with Gasteiger partial charge < -0.3 is 10.3 Å². The molecule has 94 valence electrons. The van der Waals surface area contributed by atoms with E-state index < -0.39 is 0 Å². The van der Waals surface area contributed by atoms with Crippen molar-refractivity contribution < 1.29 is 0 Å². The SMILES string of the molecule is CC(Nc1ncnc2c1CCCC2)c1ncc[nH]1. The van der Waals surface area contributed by atoms with Crippen molar-refractivity contribution in [3.8, 4) is 0 Å². The molecule has 0 aromatic carbocycles. The van der Waals surface area contributed by atoms with Gasteiger partial charge in [-0.1, -0.05) is 0 Å². The molecule has 2 aromatic rings. The van der Waals surface area contributed by atoms with Crippen molar-refractivity contribution in [2.45, 2.75) is 38.6 Å². The molecule has 0 radical (unpaired) electrons. The van der Waals surface area contributed by atoms with E-state index in [0.717, 1.165) is 24.5 Å². The summed E-state index contributed by atoms with van der Waals surface area (Å²) in [7, 11) is 0. The average Bonchev–Trinajstić information content (AvgIpc) is 2.93. The topological polar surface area (TPSA) is 66.5 Å². The summed E-state index contributed by atoms with van der Waals surface area (Å²) in [5.41, 5.74) is 2.48. The Bertz CT molecular complexity index is 520. The fourth-order valence-corrected chi connectivity index (χ4v) is 2.43. The van der Waals surface area contributed by atoms with Gasteiger partial charge in [0.1, 0.15) is 18.0 Å². The van der Waals surface area contributed by atoms with Gasteiger partial charge in [-0.05, 0) is 32.6 Å². The van der Waals surface area contributed by atoms with Crippen LogP contribution in [0.1, 0.15) is 42.9 Å². The molecule has 0 saturated heterocycles. The zero-order valence-electron chi connectivity index (χ0n) is 10.5. The molecular weight excluding hydrogens is 226 g/mol. The van der Waals surface area contributed by atoms with Gasteiger partial charge in [-0.15, -0.1) is 0 Å². The van der Waals surface area contributed by atoms with Crippen LogP contribution in [-0.2, 0) is 12.8 Å². The van der Waals surface area contributed by atoms with Crippen LogP contribution in [0, 0.1) is 0 Å². The number of nitrogens with one attached hydrogen (secondary N) is 2. The Labute approximate surface area is 106 Å². The largest absolute Gasteiger partial charge is 0.360 e. The normalized spacial score (nSPS) is 16.1. The lowest BCUT2D eigenvalue weighted by Gasteiger charge is -2.20. The number of aromatic amines is 1. The summed E-state index contributed by atoms with van der Waals surface area (Å²) in [5, 5.41) is 3.43. The van der Waals surface area contributed by atoms with Crippen LogP contribution in [-0.4, -0.2) is 19.9 Å². The average molecular weight is 243 g/mol. The van der Waals surface area contributed by atoms with Crippen molar-refractivity contribution in [2.24, 2.45) is 0 Å². The fraction of sp³-hybridized carbons (Fsp3) is 0.462. The monoisotopic (exact) mass is 243 g/mol. The maximum atomic E-state index is 4.38. The van der Waals surface area contributed by atoms with Gasteiger partial charge in [-0.3, -0.25) is 0 Å². The van der Waals surface area contributed by atoms with Gasteiger partial charge in [0.05, 0.1) is 6.04 Å². The number of H-pyrrole nitrogens is 1. The molecule has 0 bridgehead atoms. The Hall–Kier alpha value is -1.91. The van der Waals surface area contributed by atoms with E-state index >= 15 is 0 Å². The maximum Gasteiger partial charge on any atom is 0.133 e. The number of aromatic nitrogens is 4. The number of hydrogen-bond acceptors (Lipinski definition) is 4. The number of nitrogens with zero attached hydrogens (tertiary/aromatic N) is 3. The van der Waals surface area contributed by atoms with Gasteiger partial charge >= 0.3 is 0 Å². The van der Waals surface area contributed by atoms with Crippen LogP contribution in [0.3, 0.4) is 0 Å². The van der Waals surface area contributed by atoms with Crippen LogP contribution in [0.25, 0.3) is 0 Å². The Morgan fingerprint density at radius 2 is 2.11 bits per heavy atom. The first-order valence-corrected chi connectivity index (χ1v) is 6.43. The molecule has 0 amide bonds. The molecular formula is C13H17N5. The van der Waals surface area contributed by atoms with E-state index in [4.69, 9.17) is 0 Å². The van der Waals surface area contributed by atoms with Crippen molar-refractivity contribution in [1.29, 1.82) is 0 Å². The minimum atomic E-state index is 0.126. The smallest absolute Gasteiger partial charge is 0.133 e. The quantitative estimate of drug-likeness (QED) is 0.867. The lowest BCUT2D eigenvalue weighted by atomic mass is 9.96. The first kappa shape index (κ1) is 11.2. The van der Waals surface area contributed by atoms with E-state index in [-0.39, 0.29) is 6.04 Å². The van der Waals surface area contributed by atoms with Gasteiger partial charge in [0.2, 0.25) is 0 Å². The summed E-state index contributed by atoms with van der Waals surface area (Å²) in [6, 6.07) is 0.126. The summed E-state index contributed by atoms with van der Waals surface area (Å²) in [6.07, 6.45) is 9.86. The van der Waals surface area contributed by atoms with Gasteiger partial charge in [0, 0.05) is 23.7 Å². The third-order valence-corrected chi connectivity index (χ3v) is 3.41. The number of hydrogen-bond donors (Lipinski definition) is 2. The molecule has 5 nitrogen and oxygen atoms in total. The second-order valence-corrected chi connectivity index (χ2v) is 4.70. The van der Waals surface area contributed by atoms with E-state index in [2.05, 4.69) is 32.2 Å². The van der Waals surface area contributed by atoms with Gasteiger partial charge in [0.15, 0.2) is 0 Å². The van der Waals surface area contributed by atoms with Crippen LogP contribution >= 0.6 is 0 Å². The zero-order chi connectivity index (χ0) is 12.4. The summed E-state index contributed by atoms with van der Waals surface area (Å²) in [6.45, 7) is 2.08. The van der Waals surface area contributed by atoms with Crippen molar-refractivity contribution >= 4 is 5.82 Å². The molecule has 1 atom stereocenters. The van der Waals surface area contributed by atoms with Crippen LogP contribution in [0.4, 0.5) is 5.82 Å². The highest BCUT2D eigenvalue weighted by Crippen LogP contribution is 2.26. The van der Waals surface area contributed by atoms with Crippen LogP contribution in [0.2, 0.25) is 0 Å². The predicted molar refractivity (Wildman–Crippen MR) is 69.3 cm³/mol. The number of anilines is 1. The first-order chi connectivity index (χ1) is 8.84. The van der Waals surface area contributed by atoms with Crippen LogP contribution in [0.5, 0.6) is 0 Å². The maximum absolute atomic E-state index is 4.38. The van der Waals surface area contributed by atoms with Crippen LogP contribution < -0.4 is 5.32 Å². The molecule has 0 saturated carbocycles. The molecule has 0 fully saturated rings. The molecule has 18 heavy (non-hydrogen) atoms. The number of fused-ring (bicyclic) bond motifs is 1. The van der Waals surface area contributed by atoms with Crippen molar-refractivity contribution in [3.05, 3.63) is 35.8 Å². The molecule has 3 rings (SSSR count). The third kappa shape index (κ3) is 2.08. The molecule has 1 unspecified atom stereocenters. The highest BCUT2D eigenvalue weighted by molar-refractivity contribution is 5.47. The molecule has 1 aliphatic carbocycles. The Balaban J connectivity index is 1.84. The highest BCUT2D eigenvalue weighted by atomic mass is 15.1. The fourth-order valence-electron chi connectivity index (χ4n) is 2.43. The molecule has 2 heterocycles. The van der Waals surface area contributed by atoms with Crippen LogP contribution in [0.15, 0.2) is 18.7 Å². The second-order valence-electron chi connectivity index (χ2n) is 4.70. The minimum Gasteiger partial charge on any atom is -0.360 e. The summed E-state index contributed by atoms with van der Waals surface area (Å²) >= 11 is 0.